The molecule has 1 fully saturated rings. The lowest BCUT2D eigenvalue weighted by Crippen LogP contribution is -2.09. The van der Waals surface area contributed by atoms with Gasteiger partial charge in [0.05, 0.1) is 12.8 Å². The molecular formula is C12H15N5O. The average molecular weight is 245 g/mol. The van der Waals surface area contributed by atoms with E-state index >= 15 is 0 Å². The Kier molecular flexibility index (Phi) is 2.93. The number of benzene rings is 1. The molecule has 1 saturated heterocycles. The van der Waals surface area contributed by atoms with Crippen molar-refractivity contribution < 1.29 is 4.74 Å². The quantitative estimate of drug-likeness (QED) is 0.864. The monoisotopic (exact) mass is 245 g/mol. The van der Waals surface area contributed by atoms with Crippen LogP contribution in [-0.4, -0.2) is 40.4 Å². The van der Waals surface area contributed by atoms with E-state index in [0.717, 1.165) is 36.8 Å². The highest BCUT2D eigenvalue weighted by molar-refractivity contribution is 5.37. The molecule has 6 heteroatoms. The Hall–Kier alpha value is -1.95. The first-order chi connectivity index (χ1) is 8.86. The molecule has 1 unspecified atom stereocenters. The van der Waals surface area contributed by atoms with Crippen molar-refractivity contribution in [3.05, 3.63) is 30.1 Å². The fourth-order valence-corrected chi connectivity index (χ4v) is 2.11. The van der Waals surface area contributed by atoms with Crippen molar-refractivity contribution in [2.45, 2.75) is 12.3 Å². The van der Waals surface area contributed by atoms with Crippen LogP contribution < -0.4 is 10.1 Å². The topological polar surface area (TPSA) is 64.9 Å². The van der Waals surface area contributed by atoms with Gasteiger partial charge in [-0.3, -0.25) is 0 Å². The van der Waals surface area contributed by atoms with Gasteiger partial charge in [0.25, 0.3) is 0 Å². The number of ether oxygens (including phenoxy) is 1. The van der Waals surface area contributed by atoms with Crippen LogP contribution in [0.15, 0.2) is 24.3 Å². The molecule has 6 nitrogen and oxygen atoms in total. The first-order valence-electron chi connectivity index (χ1n) is 6.02. The van der Waals surface area contributed by atoms with Gasteiger partial charge in [-0.05, 0) is 30.3 Å². The number of tetrazole rings is 1. The van der Waals surface area contributed by atoms with E-state index in [0.29, 0.717) is 5.92 Å². The summed E-state index contributed by atoms with van der Waals surface area (Å²) in [5.41, 5.74) is 0.860. The summed E-state index contributed by atoms with van der Waals surface area (Å²) in [6, 6.07) is 7.62. The molecular weight excluding hydrogens is 230 g/mol. The molecule has 3 rings (SSSR count). The van der Waals surface area contributed by atoms with E-state index in [-0.39, 0.29) is 0 Å². The summed E-state index contributed by atoms with van der Waals surface area (Å²) in [6.07, 6.45) is 1.07. The van der Waals surface area contributed by atoms with Gasteiger partial charge in [0.2, 0.25) is 0 Å². The van der Waals surface area contributed by atoms with Crippen molar-refractivity contribution >= 4 is 0 Å². The summed E-state index contributed by atoms with van der Waals surface area (Å²) >= 11 is 0. The number of aromatic nitrogens is 4. The molecule has 94 valence electrons. The molecule has 1 aliphatic rings. The molecule has 1 aromatic carbocycles. The Bertz CT molecular complexity index is 533. The van der Waals surface area contributed by atoms with Gasteiger partial charge in [-0.2, -0.15) is 0 Å². The second-order valence-corrected chi connectivity index (χ2v) is 4.33. The number of nitrogens with zero attached hydrogens (tertiary/aromatic N) is 4. The summed E-state index contributed by atoms with van der Waals surface area (Å²) in [4.78, 5) is 1.55. The first-order valence-corrected chi connectivity index (χ1v) is 6.02. The molecule has 0 radical (unpaired) electrons. The van der Waals surface area contributed by atoms with Crippen LogP contribution in [0.2, 0.25) is 0 Å². The predicted octanol–water partition coefficient (Wildman–Crippen LogP) is 0.748. The molecule has 0 amide bonds. The summed E-state index contributed by atoms with van der Waals surface area (Å²) in [7, 11) is 1.64. The Morgan fingerprint density at radius 1 is 1.44 bits per heavy atom. The predicted molar refractivity (Wildman–Crippen MR) is 65.9 cm³/mol. The Balaban J connectivity index is 1.87. The van der Waals surface area contributed by atoms with Crippen LogP contribution in [-0.2, 0) is 0 Å². The van der Waals surface area contributed by atoms with Crippen molar-refractivity contribution in [2.75, 3.05) is 20.2 Å². The van der Waals surface area contributed by atoms with E-state index in [1.54, 1.807) is 11.9 Å². The van der Waals surface area contributed by atoms with E-state index in [2.05, 4.69) is 20.7 Å². The number of nitrogens with one attached hydrogen (secondary N) is 1. The Labute approximate surface area is 105 Å². The molecule has 1 atom stereocenters. The third-order valence-corrected chi connectivity index (χ3v) is 3.14. The zero-order chi connectivity index (χ0) is 12.4. The van der Waals surface area contributed by atoms with Gasteiger partial charge in [-0.15, -0.1) is 15.0 Å². The standard InChI is InChI=1S/C12H15N5O/c1-18-11-4-2-3-10(7-11)17-15-12(14-16-17)9-5-6-13-8-9/h2-4,7,9,13H,5-6,8H2,1H3. The normalized spacial score (nSPS) is 19.1. The van der Waals surface area contributed by atoms with E-state index < -0.39 is 0 Å². The molecule has 2 aromatic rings. The fraction of sp³-hybridized carbons (Fsp3) is 0.417. The average Bonchev–Trinajstić information content (AvgIpc) is 3.09. The van der Waals surface area contributed by atoms with Gasteiger partial charge in [0.1, 0.15) is 5.75 Å². The minimum atomic E-state index is 0.379. The van der Waals surface area contributed by atoms with Crippen molar-refractivity contribution in [2.24, 2.45) is 0 Å². The number of hydrogen-bond donors (Lipinski definition) is 1. The van der Waals surface area contributed by atoms with Crippen LogP contribution in [0.1, 0.15) is 18.2 Å². The maximum atomic E-state index is 5.18. The van der Waals surface area contributed by atoms with Crippen molar-refractivity contribution in [1.82, 2.24) is 25.5 Å². The van der Waals surface area contributed by atoms with Crippen LogP contribution >= 0.6 is 0 Å². The van der Waals surface area contributed by atoms with Gasteiger partial charge in [0.15, 0.2) is 5.82 Å². The maximum Gasteiger partial charge on any atom is 0.179 e. The molecule has 1 N–H and O–H groups in total. The van der Waals surface area contributed by atoms with Crippen LogP contribution in [0.25, 0.3) is 5.69 Å². The highest BCUT2D eigenvalue weighted by atomic mass is 16.5. The summed E-state index contributed by atoms with van der Waals surface area (Å²) in [6.45, 7) is 1.96. The van der Waals surface area contributed by atoms with Crippen molar-refractivity contribution in [3.63, 3.8) is 0 Å². The minimum Gasteiger partial charge on any atom is -0.497 e. The molecule has 2 heterocycles. The highest BCUT2D eigenvalue weighted by Gasteiger charge is 2.21. The fourth-order valence-electron chi connectivity index (χ4n) is 2.11. The third-order valence-electron chi connectivity index (χ3n) is 3.14. The van der Waals surface area contributed by atoms with Crippen LogP contribution in [0, 0.1) is 0 Å². The molecule has 18 heavy (non-hydrogen) atoms. The van der Waals surface area contributed by atoms with E-state index in [4.69, 9.17) is 4.74 Å². The van der Waals surface area contributed by atoms with Gasteiger partial charge in [0, 0.05) is 18.5 Å². The largest absolute Gasteiger partial charge is 0.497 e. The molecule has 0 saturated carbocycles. The molecule has 1 aromatic heterocycles. The van der Waals surface area contributed by atoms with E-state index in [1.807, 2.05) is 24.3 Å². The van der Waals surface area contributed by atoms with Crippen molar-refractivity contribution in [1.29, 1.82) is 0 Å². The van der Waals surface area contributed by atoms with Gasteiger partial charge >= 0.3 is 0 Å². The smallest absolute Gasteiger partial charge is 0.179 e. The summed E-state index contributed by atoms with van der Waals surface area (Å²) in [5, 5.41) is 16.0. The van der Waals surface area contributed by atoms with Crippen LogP contribution in [0.4, 0.5) is 0 Å². The second kappa shape index (κ2) is 4.73. The number of rotatable bonds is 3. The highest BCUT2D eigenvalue weighted by Crippen LogP contribution is 2.19. The minimum absolute atomic E-state index is 0.379. The number of hydrogen-bond acceptors (Lipinski definition) is 5. The SMILES string of the molecule is COc1cccc(-n2nnc(C3CCNC3)n2)c1. The lowest BCUT2D eigenvalue weighted by Gasteiger charge is -2.02. The molecule has 0 bridgehead atoms. The van der Waals surface area contributed by atoms with Gasteiger partial charge in [-0.25, -0.2) is 0 Å². The lowest BCUT2D eigenvalue weighted by atomic mass is 10.1. The molecule has 1 aliphatic heterocycles. The molecule has 0 aliphatic carbocycles. The Morgan fingerprint density at radius 2 is 2.39 bits per heavy atom. The first kappa shape index (κ1) is 11.2. The van der Waals surface area contributed by atoms with Crippen LogP contribution in [0.5, 0.6) is 5.75 Å². The number of methoxy groups -OCH3 is 1. The molecule has 0 spiro atoms. The zero-order valence-corrected chi connectivity index (χ0v) is 10.2. The summed E-state index contributed by atoms with van der Waals surface area (Å²) < 4.78 is 5.18. The lowest BCUT2D eigenvalue weighted by molar-refractivity contribution is 0.414. The second-order valence-electron chi connectivity index (χ2n) is 4.33. The summed E-state index contributed by atoms with van der Waals surface area (Å²) in [5.74, 6) is 1.97. The van der Waals surface area contributed by atoms with E-state index in [9.17, 15) is 0 Å². The van der Waals surface area contributed by atoms with Gasteiger partial charge < -0.3 is 10.1 Å². The Morgan fingerprint density at radius 3 is 3.17 bits per heavy atom. The van der Waals surface area contributed by atoms with Crippen LogP contribution in [0.3, 0.4) is 0 Å². The van der Waals surface area contributed by atoms with E-state index in [1.165, 1.54) is 0 Å². The van der Waals surface area contributed by atoms with Crippen molar-refractivity contribution in [3.8, 4) is 11.4 Å². The maximum absolute atomic E-state index is 5.18. The third kappa shape index (κ3) is 2.06. The zero-order valence-electron chi connectivity index (χ0n) is 10.2. The van der Waals surface area contributed by atoms with Gasteiger partial charge in [-0.1, -0.05) is 6.07 Å².